The van der Waals surface area contributed by atoms with E-state index < -0.39 is 12.0 Å². The zero-order chi connectivity index (χ0) is 25.2. The number of nitrogens with zero attached hydrogens (tertiary/aromatic N) is 2. The van der Waals surface area contributed by atoms with Crippen molar-refractivity contribution in [1.29, 1.82) is 0 Å². The molecule has 6 nitrogen and oxygen atoms in total. The SMILES string of the molecule is CCc1cccc(NC(=O)[C@@H]2c3ccccc3C(=O)N(CCOC)[C@H]2c2cn(C)c3ccccc23)c1. The third-order valence-corrected chi connectivity index (χ3v) is 7.11. The minimum atomic E-state index is -0.591. The highest BCUT2D eigenvalue weighted by atomic mass is 16.5. The molecule has 0 unspecified atom stereocenters. The lowest BCUT2D eigenvalue weighted by atomic mass is 9.79. The Morgan fingerprint density at radius 1 is 1.00 bits per heavy atom. The smallest absolute Gasteiger partial charge is 0.254 e. The molecule has 5 rings (SSSR count). The van der Waals surface area contributed by atoms with Crippen LogP contribution in [0.3, 0.4) is 0 Å². The average molecular weight is 482 g/mol. The molecule has 0 saturated carbocycles. The number of nitrogens with one attached hydrogen (secondary N) is 1. The van der Waals surface area contributed by atoms with Gasteiger partial charge in [-0.15, -0.1) is 0 Å². The van der Waals surface area contributed by atoms with Crippen molar-refractivity contribution in [3.8, 4) is 0 Å². The summed E-state index contributed by atoms with van der Waals surface area (Å²) in [4.78, 5) is 29.7. The summed E-state index contributed by atoms with van der Waals surface area (Å²) in [6.07, 6.45) is 2.93. The molecule has 1 aliphatic heterocycles. The number of benzene rings is 3. The fourth-order valence-corrected chi connectivity index (χ4v) is 5.35. The van der Waals surface area contributed by atoms with Gasteiger partial charge in [0.2, 0.25) is 5.91 Å². The highest BCUT2D eigenvalue weighted by molar-refractivity contribution is 6.05. The Kier molecular flexibility index (Phi) is 6.61. The normalized spacial score (nSPS) is 17.3. The van der Waals surface area contributed by atoms with E-state index in [0.717, 1.165) is 39.7 Å². The van der Waals surface area contributed by atoms with Gasteiger partial charge < -0.3 is 19.5 Å². The third-order valence-electron chi connectivity index (χ3n) is 7.11. The summed E-state index contributed by atoms with van der Waals surface area (Å²) in [6.45, 7) is 2.85. The molecule has 6 heteroatoms. The van der Waals surface area contributed by atoms with Crippen molar-refractivity contribution in [1.82, 2.24) is 9.47 Å². The first-order valence-corrected chi connectivity index (χ1v) is 12.4. The second-order valence-corrected chi connectivity index (χ2v) is 9.26. The van der Waals surface area contributed by atoms with Crippen molar-refractivity contribution >= 4 is 28.4 Å². The number of hydrogen-bond donors (Lipinski definition) is 1. The van der Waals surface area contributed by atoms with E-state index in [1.165, 1.54) is 0 Å². The van der Waals surface area contributed by atoms with E-state index in [4.69, 9.17) is 4.74 Å². The molecule has 2 atom stereocenters. The summed E-state index contributed by atoms with van der Waals surface area (Å²) >= 11 is 0. The summed E-state index contributed by atoms with van der Waals surface area (Å²) in [7, 11) is 3.62. The van der Waals surface area contributed by atoms with E-state index in [9.17, 15) is 9.59 Å². The van der Waals surface area contributed by atoms with Crippen molar-refractivity contribution in [3.63, 3.8) is 0 Å². The lowest BCUT2D eigenvalue weighted by molar-refractivity contribution is -0.119. The molecule has 1 aromatic heterocycles. The molecule has 184 valence electrons. The fourth-order valence-electron chi connectivity index (χ4n) is 5.35. The summed E-state index contributed by atoms with van der Waals surface area (Å²) in [5.74, 6) is -0.812. The Hall–Kier alpha value is -3.90. The summed E-state index contributed by atoms with van der Waals surface area (Å²) in [5, 5.41) is 4.19. The van der Waals surface area contributed by atoms with Gasteiger partial charge >= 0.3 is 0 Å². The highest BCUT2D eigenvalue weighted by Crippen LogP contribution is 2.45. The number of aromatic nitrogens is 1. The number of amides is 2. The fraction of sp³-hybridized carbons (Fsp3) is 0.267. The molecule has 1 aliphatic rings. The average Bonchev–Trinajstić information content (AvgIpc) is 3.24. The first-order chi connectivity index (χ1) is 17.5. The van der Waals surface area contributed by atoms with Crippen molar-refractivity contribution in [2.75, 3.05) is 25.6 Å². The van der Waals surface area contributed by atoms with Gasteiger partial charge in [0.15, 0.2) is 0 Å². The van der Waals surface area contributed by atoms with Crippen molar-refractivity contribution in [3.05, 3.63) is 101 Å². The zero-order valence-electron chi connectivity index (χ0n) is 20.9. The molecule has 0 fully saturated rings. The van der Waals surface area contributed by atoms with Gasteiger partial charge in [0.1, 0.15) is 0 Å². The maximum Gasteiger partial charge on any atom is 0.254 e. The highest BCUT2D eigenvalue weighted by Gasteiger charge is 2.45. The summed E-state index contributed by atoms with van der Waals surface area (Å²) in [6, 6.07) is 23.0. The maximum atomic E-state index is 14.1. The second-order valence-electron chi connectivity index (χ2n) is 9.26. The number of rotatable bonds is 7. The van der Waals surface area contributed by atoms with Gasteiger partial charge in [0, 0.05) is 54.6 Å². The topological polar surface area (TPSA) is 63.6 Å². The monoisotopic (exact) mass is 481 g/mol. The van der Waals surface area contributed by atoms with Gasteiger partial charge in [0.05, 0.1) is 18.6 Å². The molecule has 0 aliphatic carbocycles. The molecule has 36 heavy (non-hydrogen) atoms. The predicted octanol–water partition coefficient (Wildman–Crippen LogP) is 5.31. The van der Waals surface area contributed by atoms with E-state index in [-0.39, 0.29) is 11.8 Å². The number of carbonyl (C=O) groups excluding carboxylic acids is 2. The van der Waals surface area contributed by atoms with E-state index in [0.29, 0.717) is 18.7 Å². The molecule has 2 amide bonds. The van der Waals surface area contributed by atoms with Crippen LogP contribution in [-0.2, 0) is 23.0 Å². The molecule has 2 heterocycles. The second kappa shape index (κ2) is 9.99. The number of para-hydroxylation sites is 1. The predicted molar refractivity (Wildman–Crippen MR) is 142 cm³/mol. The van der Waals surface area contributed by atoms with Crippen LogP contribution in [0.15, 0.2) is 79.0 Å². The third kappa shape index (κ3) is 4.18. The van der Waals surface area contributed by atoms with Gasteiger partial charge in [-0.3, -0.25) is 9.59 Å². The van der Waals surface area contributed by atoms with Crippen LogP contribution >= 0.6 is 0 Å². The van der Waals surface area contributed by atoms with Crippen LogP contribution < -0.4 is 5.32 Å². The molecule has 1 N–H and O–H groups in total. The Balaban J connectivity index is 1.68. The Labute approximate surface area is 211 Å². The minimum absolute atomic E-state index is 0.0855. The Bertz CT molecular complexity index is 1420. The quantitative estimate of drug-likeness (QED) is 0.389. The van der Waals surface area contributed by atoms with Gasteiger partial charge in [-0.2, -0.15) is 0 Å². The number of hydrogen-bond acceptors (Lipinski definition) is 3. The molecule has 4 aromatic rings. The minimum Gasteiger partial charge on any atom is -0.383 e. The molecule has 0 bridgehead atoms. The lowest BCUT2D eigenvalue weighted by Gasteiger charge is -2.41. The number of carbonyl (C=O) groups is 2. The van der Waals surface area contributed by atoms with Crippen LogP contribution in [0, 0.1) is 0 Å². The van der Waals surface area contributed by atoms with Crippen molar-refractivity contribution in [2.45, 2.75) is 25.3 Å². The van der Waals surface area contributed by atoms with Crippen LogP contribution in [0.4, 0.5) is 5.69 Å². The number of anilines is 1. The van der Waals surface area contributed by atoms with Crippen LogP contribution in [0.5, 0.6) is 0 Å². The number of ether oxygens (including phenoxy) is 1. The van der Waals surface area contributed by atoms with Crippen LogP contribution in [0.2, 0.25) is 0 Å². The largest absolute Gasteiger partial charge is 0.383 e. The van der Waals surface area contributed by atoms with Gasteiger partial charge in [-0.05, 0) is 41.8 Å². The first-order valence-electron chi connectivity index (χ1n) is 12.4. The van der Waals surface area contributed by atoms with Crippen LogP contribution in [0.1, 0.15) is 45.9 Å². The zero-order valence-corrected chi connectivity index (χ0v) is 20.9. The molecule has 0 saturated heterocycles. The molecule has 0 spiro atoms. The van der Waals surface area contributed by atoms with E-state index in [1.54, 1.807) is 12.0 Å². The van der Waals surface area contributed by atoms with E-state index >= 15 is 0 Å². The standard InChI is InChI=1S/C30H31N3O3/c1-4-20-10-9-11-21(18-20)31-29(34)27-23-13-5-6-14-24(23)30(35)33(16-17-36-3)28(27)25-19-32(2)26-15-8-7-12-22(25)26/h5-15,18-19,27-28H,4,16-17H2,1-3H3,(H,31,34)/t27-,28+/m1/s1. The number of aryl methyl sites for hydroxylation is 2. The molecule has 0 radical (unpaired) electrons. The molecular weight excluding hydrogens is 450 g/mol. The Morgan fingerprint density at radius 3 is 2.58 bits per heavy atom. The first kappa shape index (κ1) is 23.8. The van der Waals surface area contributed by atoms with Crippen molar-refractivity contribution in [2.24, 2.45) is 7.05 Å². The van der Waals surface area contributed by atoms with Gasteiger partial charge in [-0.1, -0.05) is 55.5 Å². The number of fused-ring (bicyclic) bond motifs is 2. The van der Waals surface area contributed by atoms with E-state index in [1.807, 2.05) is 67.8 Å². The molecule has 3 aromatic carbocycles. The van der Waals surface area contributed by atoms with Crippen LogP contribution in [-0.4, -0.2) is 41.5 Å². The maximum absolute atomic E-state index is 14.1. The molecular formula is C30H31N3O3. The number of methoxy groups -OCH3 is 1. The van der Waals surface area contributed by atoms with Gasteiger partial charge in [0.25, 0.3) is 5.91 Å². The summed E-state index contributed by atoms with van der Waals surface area (Å²) in [5.41, 5.74) is 5.23. The lowest BCUT2D eigenvalue weighted by Crippen LogP contribution is -2.47. The Morgan fingerprint density at radius 2 is 1.78 bits per heavy atom. The van der Waals surface area contributed by atoms with Crippen LogP contribution in [0.25, 0.3) is 10.9 Å². The van der Waals surface area contributed by atoms with Gasteiger partial charge in [-0.25, -0.2) is 0 Å². The van der Waals surface area contributed by atoms with E-state index in [2.05, 4.69) is 35.0 Å². The summed E-state index contributed by atoms with van der Waals surface area (Å²) < 4.78 is 7.43. The van der Waals surface area contributed by atoms with Crippen molar-refractivity contribution < 1.29 is 14.3 Å².